The van der Waals surface area contributed by atoms with Gasteiger partial charge in [0.2, 0.25) is 0 Å². The van der Waals surface area contributed by atoms with Crippen LogP contribution in [-0.4, -0.2) is 33.9 Å². The van der Waals surface area contributed by atoms with Crippen molar-refractivity contribution in [1.82, 2.24) is 15.1 Å². The number of nitrogens with one attached hydrogen (secondary N) is 1. The summed E-state index contributed by atoms with van der Waals surface area (Å²) in [7, 11) is 0. The molecule has 1 aromatic heterocycles. The number of rotatable bonds is 5. The third-order valence-electron chi connectivity index (χ3n) is 3.66. The molecule has 0 radical (unpaired) electrons. The summed E-state index contributed by atoms with van der Waals surface area (Å²) in [6.45, 7) is 0.255. The van der Waals surface area contributed by atoms with Crippen molar-refractivity contribution in [3.05, 3.63) is 76.2 Å². The number of amides is 1. The monoisotopic (exact) mass is 323 g/mol. The van der Waals surface area contributed by atoms with Crippen LogP contribution < -0.4 is 10.9 Å². The first-order chi connectivity index (χ1) is 11.7. The topological polar surface area (TPSA) is 84.2 Å². The van der Waals surface area contributed by atoms with Crippen LogP contribution in [-0.2, 0) is 6.54 Å². The third-order valence-corrected chi connectivity index (χ3v) is 3.66. The molecule has 6 heteroatoms. The van der Waals surface area contributed by atoms with Gasteiger partial charge in [-0.3, -0.25) is 9.59 Å². The molecule has 0 saturated carbocycles. The Labute approximate surface area is 138 Å². The van der Waals surface area contributed by atoms with Crippen molar-refractivity contribution in [2.75, 3.05) is 13.2 Å². The quantitative estimate of drug-likeness (QED) is 0.738. The highest BCUT2D eigenvalue weighted by Crippen LogP contribution is 2.13. The number of hydrogen-bond donors (Lipinski definition) is 2. The minimum absolute atomic E-state index is 0.132. The van der Waals surface area contributed by atoms with E-state index in [1.54, 1.807) is 24.3 Å². The van der Waals surface area contributed by atoms with E-state index in [2.05, 4.69) is 10.4 Å². The third kappa shape index (κ3) is 3.18. The molecule has 0 bridgehead atoms. The maximum atomic E-state index is 12.7. The van der Waals surface area contributed by atoms with Crippen molar-refractivity contribution >= 4 is 16.7 Å². The Morgan fingerprint density at radius 3 is 2.42 bits per heavy atom. The first-order valence-electron chi connectivity index (χ1n) is 7.63. The van der Waals surface area contributed by atoms with E-state index in [1.165, 1.54) is 4.68 Å². The number of benzene rings is 2. The maximum absolute atomic E-state index is 12.7. The fourth-order valence-electron chi connectivity index (χ4n) is 2.52. The van der Waals surface area contributed by atoms with E-state index < -0.39 is 5.91 Å². The first-order valence-corrected chi connectivity index (χ1v) is 7.63. The number of aromatic nitrogens is 2. The summed E-state index contributed by atoms with van der Waals surface area (Å²) in [5.74, 6) is -0.415. The van der Waals surface area contributed by atoms with Crippen molar-refractivity contribution in [2.24, 2.45) is 0 Å². The minimum Gasteiger partial charge on any atom is -0.395 e. The molecule has 1 heterocycles. The fourth-order valence-corrected chi connectivity index (χ4v) is 2.52. The SMILES string of the molecule is O=C(NCCO)c1nn(Cc2ccccc2)c(=O)c2ccccc12. The molecule has 0 spiro atoms. The van der Waals surface area contributed by atoms with Crippen LogP contribution in [0, 0.1) is 0 Å². The van der Waals surface area contributed by atoms with Gasteiger partial charge in [0.1, 0.15) is 0 Å². The molecule has 6 nitrogen and oxygen atoms in total. The Morgan fingerprint density at radius 2 is 1.71 bits per heavy atom. The van der Waals surface area contributed by atoms with Crippen molar-refractivity contribution < 1.29 is 9.90 Å². The van der Waals surface area contributed by atoms with Gasteiger partial charge in [-0.15, -0.1) is 0 Å². The number of nitrogens with zero attached hydrogens (tertiary/aromatic N) is 2. The minimum atomic E-state index is -0.415. The Balaban J connectivity index is 2.11. The van der Waals surface area contributed by atoms with E-state index in [0.717, 1.165) is 5.56 Å². The van der Waals surface area contributed by atoms with Gasteiger partial charge in [0, 0.05) is 11.9 Å². The fraction of sp³-hybridized carbons (Fsp3) is 0.167. The van der Waals surface area contributed by atoms with Crippen LogP contribution in [0.2, 0.25) is 0 Å². The van der Waals surface area contributed by atoms with Gasteiger partial charge in [0.15, 0.2) is 5.69 Å². The van der Waals surface area contributed by atoms with Gasteiger partial charge in [-0.05, 0) is 11.6 Å². The number of aliphatic hydroxyl groups excluding tert-OH is 1. The van der Waals surface area contributed by atoms with Crippen LogP contribution in [0.1, 0.15) is 16.1 Å². The van der Waals surface area contributed by atoms with Crippen molar-refractivity contribution in [1.29, 1.82) is 0 Å². The van der Waals surface area contributed by atoms with E-state index in [9.17, 15) is 9.59 Å². The summed E-state index contributed by atoms with van der Waals surface area (Å²) in [6.07, 6.45) is 0. The Bertz CT molecular complexity index is 920. The molecule has 2 aromatic carbocycles. The average molecular weight is 323 g/mol. The van der Waals surface area contributed by atoms with Gasteiger partial charge >= 0.3 is 0 Å². The van der Waals surface area contributed by atoms with E-state index in [0.29, 0.717) is 10.8 Å². The predicted molar refractivity (Wildman–Crippen MR) is 91.0 cm³/mol. The molecule has 0 aliphatic carbocycles. The largest absolute Gasteiger partial charge is 0.395 e. The van der Waals surface area contributed by atoms with E-state index in [1.807, 2.05) is 30.3 Å². The van der Waals surface area contributed by atoms with Crippen molar-refractivity contribution in [2.45, 2.75) is 6.54 Å². The van der Waals surface area contributed by atoms with Gasteiger partial charge in [-0.25, -0.2) is 4.68 Å². The molecule has 122 valence electrons. The highest BCUT2D eigenvalue weighted by atomic mass is 16.3. The second kappa shape index (κ2) is 7.06. The molecule has 0 aliphatic heterocycles. The Morgan fingerprint density at radius 1 is 1.04 bits per heavy atom. The van der Waals surface area contributed by atoms with Gasteiger partial charge in [0.05, 0.1) is 18.5 Å². The number of hydrogen-bond acceptors (Lipinski definition) is 4. The van der Waals surface area contributed by atoms with E-state index in [4.69, 9.17) is 5.11 Å². The highest BCUT2D eigenvalue weighted by molar-refractivity contribution is 6.04. The molecular weight excluding hydrogens is 306 g/mol. The van der Waals surface area contributed by atoms with Crippen molar-refractivity contribution in [3.63, 3.8) is 0 Å². The van der Waals surface area contributed by atoms with Crippen LogP contribution >= 0.6 is 0 Å². The lowest BCUT2D eigenvalue weighted by atomic mass is 10.1. The average Bonchev–Trinajstić information content (AvgIpc) is 2.63. The molecule has 24 heavy (non-hydrogen) atoms. The molecule has 0 fully saturated rings. The highest BCUT2D eigenvalue weighted by Gasteiger charge is 2.16. The van der Waals surface area contributed by atoms with Crippen LogP contribution in [0.3, 0.4) is 0 Å². The summed E-state index contributed by atoms with van der Waals surface area (Å²) in [6, 6.07) is 16.4. The van der Waals surface area contributed by atoms with Crippen LogP contribution in [0.4, 0.5) is 0 Å². The van der Waals surface area contributed by atoms with Crippen LogP contribution in [0.15, 0.2) is 59.4 Å². The van der Waals surface area contributed by atoms with Crippen LogP contribution in [0.25, 0.3) is 10.8 Å². The predicted octanol–water partition coefficient (Wildman–Crippen LogP) is 1.17. The number of carbonyl (C=O) groups excluding carboxylic acids is 1. The molecular formula is C18H17N3O3. The Kier molecular flexibility index (Phi) is 4.67. The summed E-state index contributed by atoms with van der Waals surface area (Å²) in [5, 5.41) is 16.7. The zero-order valence-electron chi connectivity index (χ0n) is 13.0. The summed E-state index contributed by atoms with van der Waals surface area (Å²) >= 11 is 0. The molecule has 0 atom stereocenters. The lowest BCUT2D eigenvalue weighted by Crippen LogP contribution is -2.32. The van der Waals surface area contributed by atoms with E-state index in [-0.39, 0.29) is 30.9 Å². The summed E-state index contributed by atoms with van der Waals surface area (Å²) in [5.41, 5.74) is 0.854. The van der Waals surface area contributed by atoms with E-state index >= 15 is 0 Å². The zero-order valence-corrected chi connectivity index (χ0v) is 13.0. The molecule has 1 amide bonds. The molecule has 3 aromatic rings. The molecule has 2 N–H and O–H groups in total. The maximum Gasteiger partial charge on any atom is 0.274 e. The van der Waals surface area contributed by atoms with Gasteiger partial charge in [-0.1, -0.05) is 48.5 Å². The van der Waals surface area contributed by atoms with Gasteiger partial charge in [0.25, 0.3) is 11.5 Å². The molecule has 3 rings (SSSR count). The lowest BCUT2D eigenvalue weighted by molar-refractivity contribution is 0.0939. The smallest absolute Gasteiger partial charge is 0.274 e. The second-order valence-electron chi connectivity index (χ2n) is 5.32. The number of carbonyl (C=O) groups is 1. The zero-order chi connectivity index (χ0) is 16.9. The van der Waals surface area contributed by atoms with Gasteiger partial charge < -0.3 is 10.4 Å². The Hall–Kier alpha value is -2.99. The van der Waals surface area contributed by atoms with Crippen LogP contribution in [0.5, 0.6) is 0 Å². The standard InChI is InChI=1S/C18H17N3O3/c22-11-10-19-17(23)16-14-8-4-5-9-15(14)18(24)21(20-16)12-13-6-2-1-3-7-13/h1-9,22H,10-12H2,(H,19,23). The lowest BCUT2D eigenvalue weighted by Gasteiger charge is -2.11. The van der Waals surface area contributed by atoms with Crippen molar-refractivity contribution in [3.8, 4) is 0 Å². The molecule has 0 saturated heterocycles. The molecule has 0 unspecified atom stereocenters. The molecule has 0 aliphatic rings. The van der Waals surface area contributed by atoms with Gasteiger partial charge in [-0.2, -0.15) is 5.10 Å². The summed E-state index contributed by atoms with van der Waals surface area (Å²) in [4.78, 5) is 25.0. The number of aliphatic hydroxyl groups is 1. The first kappa shape index (κ1) is 15.9. The summed E-state index contributed by atoms with van der Waals surface area (Å²) < 4.78 is 1.30. The normalized spacial score (nSPS) is 10.7. The number of fused-ring (bicyclic) bond motifs is 1. The second-order valence-corrected chi connectivity index (χ2v) is 5.32.